The molecule has 1 unspecified atom stereocenters. The third kappa shape index (κ3) is 3.95. The Hall–Kier alpha value is -3.70. The molecule has 32 heavy (non-hydrogen) atoms. The lowest BCUT2D eigenvalue weighted by molar-refractivity contribution is -0.140. The molecule has 9 nitrogen and oxygen atoms in total. The lowest BCUT2D eigenvalue weighted by Gasteiger charge is -2.14. The molecule has 3 N–H and O–H groups in total. The van der Waals surface area contributed by atoms with Crippen LogP contribution in [0, 0.1) is 0 Å². The van der Waals surface area contributed by atoms with Crippen LogP contribution in [0.1, 0.15) is 38.3 Å². The highest BCUT2D eigenvalue weighted by Crippen LogP contribution is 2.28. The number of fused-ring (bicyclic) bond motifs is 2. The highest BCUT2D eigenvalue weighted by atomic mass is 19.4. The quantitative estimate of drug-likeness (QED) is 0.434. The average Bonchev–Trinajstić information content (AvgIpc) is 3.29. The van der Waals surface area contributed by atoms with Crippen molar-refractivity contribution in [2.24, 2.45) is 0 Å². The number of hydrogen-bond donors (Lipinski definition) is 3. The lowest BCUT2D eigenvalue weighted by atomic mass is 10.0. The molecule has 0 bridgehead atoms. The average molecular weight is 447 g/mol. The summed E-state index contributed by atoms with van der Waals surface area (Å²) < 4.78 is 38.4. The van der Waals surface area contributed by atoms with Crippen LogP contribution in [0.4, 0.5) is 13.2 Å². The van der Waals surface area contributed by atoms with Crippen LogP contribution >= 0.6 is 0 Å². The van der Waals surface area contributed by atoms with Crippen molar-refractivity contribution in [3.8, 4) is 11.4 Å². The van der Waals surface area contributed by atoms with E-state index in [1.807, 2.05) is 19.9 Å². The summed E-state index contributed by atoms with van der Waals surface area (Å²) in [5, 5.41) is 2.58. The summed E-state index contributed by atoms with van der Waals surface area (Å²) >= 11 is 0. The van der Waals surface area contributed by atoms with E-state index in [2.05, 4.69) is 24.9 Å². The van der Waals surface area contributed by atoms with Crippen LogP contribution in [-0.2, 0) is 4.79 Å². The van der Waals surface area contributed by atoms with E-state index in [4.69, 9.17) is 0 Å². The summed E-state index contributed by atoms with van der Waals surface area (Å²) in [6, 6.07) is 0.752. The second-order valence-corrected chi connectivity index (χ2v) is 7.76. The Morgan fingerprint density at radius 2 is 1.97 bits per heavy atom. The molecule has 0 saturated heterocycles. The zero-order valence-electron chi connectivity index (χ0n) is 17.4. The van der Waals surface area contributed by atoms with Crippen molar-refractivity contribution < 1.29 is 18.0 Å². The molecule has 0 radical (unpaired) electrons. The maximum absolute atomic E-state index is 12.5. The third-order valence-corrected chi connectivity index (χ3v) is 5.15. The number of aromatic nitrogens is 6. The van der Waals surface area contributed by atoms with Crippen LogP contribution in [0.15, 0.2) is 29.5 Å². The van der Waals surface area contributed by atoms with E-state index in [1.165, 1.54) is 13.1 Å². The van der Waals surface area contributed by atoms with Gasteiger partial charge in [-0.15, -0.1) is 0 Å². The first kappa shape index (κ1) is 21.5. The fourth-order valence-corrected chi connectivity index (χ4v) is 3.38. The van der Waals surface area contributed by atoms with Crippen LogP contribution in [0.5, 0.6) is 0 Å². The summed E-state index contributed by atoms with van der Waals surface area (Å²) in [7, 11) is 0. The normalized spacial score (nSPS) is 13.2. The van der Waals surface area contributed by atoms with Gasteiger partial charge in [-0.3, -0.25) is 9.36 Å². The minimum Gasteiger partial charge on any atom is -0.345 e. The zero-order chi connectivity index (χ0) is 23.2. The van der Waals surface area contributed by atoms with Crippen LogP contribution in [-0.4, -0.2) is 48.1 Å². The predicted molar refractivity (Wildman–Crippen MR) is 111 cm³/mol. The molecule has 4 rings (SSSR count). The van der Waals surface area contributed by atoms with E-state index in [1.54, 1.807) is 17.7 Å². The maximum Gasteiger partial charge on any atom is 0.405 e. The minimum atomic E-state index is -4.56. The summed E-state index contributed by atoms with van der Waals surface area (Å²) in [5.74, 6) is -0.422. The van der Waals surface area contributed by atoms with E-state index >= 15 is 0 Å². The van der Waals surface area contributed by atoms with Gasteiger partial charge in [0.25, 0.3) is 0 Å². The fourth-order valence-electron chi connectivity index (χ4n) is 3.38. The molecule has 168 valence electrons. The monoisotopic (exact) mass is 447 g/mol. The molecule has 12 heteroatoms. The maximum atomic E-state index is 12.5. The molecule has 0 aliphatic heterocycles. The number of aromatic amines is 2. The van der Waals surface area contributed by atoms with Crippen molar-refractivity contribution in [3.63, 3.8) is 0 Å². The number of rotatable bonds is 5. The van der Waals surface area contributed by atoms with Gasteiger partial charge in [-0.1, -0.05) is 13.8 Å². The molecular weight excluding hydrogens is 427 g/mol. The van der Waals surface area contributed by atoms with Gasteiger partial charge >= 0.3 is 11.9 Å². The molecule has 0 aliphatic carbocycles. The van der Waals surface area contributed by atoms with Crippen molar-refractivity contribution in [1.29, 1.82) is 0 Å². The molecular formula is C20H20F3N7O2. The van der Waals surface area contributed by atoms with Crippen LogP contribution in [0.25, 0.3) is 33.6 Å². The second kappa shape index (κ2) is 7.77. The van der Waals surface area contributed by atoms with Gasteiger partial charge in [0.15, 0.2) is 11.5 Å². The van der Waals surface area contributed by atoms with Gasteiger partial charge in [0.05, 0.1) is 6.20 Å². The Morgan fingerprint density at radius 1 is 1.22 bits per heavy atom. The Balaban J connectivity index is 1.77. The summed E-state index contributed by atoms with van der Waals surface area (Å²) in [5.41, 5.74) is 1.99. The first-order chi connectivity index (χ1) is 15.0. The van der Waals surface area contributed by atoms with Gasteiger partial charge < -0.3 is 15.3 Å². The Labute approximate surface area is 179 Å². The predicted octanol–water partition coefficient (Wildman–Crippen LogP) is 3.03. The van der Waals surface area contributed by atoms with Gasteiger partial charge in [0.2, 0.25) is 5.91 Å². The number of pyridine rings is 1. The number of hydrogen-bond acceptors (Lipinski definition) is 5. The van der Waals surface area contributed by atoms with Gasteiger partial charge in [-0.25, -0.2) is 19.7 Å². The highest BCUT2D eigenvalue weighted by molar-refractivity contribution is 5.93. The Kier molecular flexibility index (Phi) is 5.23. The van der Waals surface area contributed by atoms with E-state index < -0.39 is 30.4 Å². The molecule has 0 aliphatic rings. The van der Waals surface area contributed by atoms with Crippen LogP contribution < -0.4 is 11.0 Å². The van der Waals surface area contributed by atoms with Gasteiger partial charge in [0, 0.05) is 23.3 Å². The van der Waals surface area contributed by atoms with E-state index in [0.29, 0.717) is 11.2 Å². The van der Waals surface area contributed by atoms with Crippen molar-refractivity contribution in [1.82, 2.24) is 34.8 Å². The molecule has 0 saturated carbocycles. The standard InChI is InChI=1S/C20H20F3N7O2/c1-9(2)11-4-12-13(6-25-15(12)24-5-11)16-26-7-14-17(29-16)30(19(32)28-14)10(3)18(31)27-8-20(21,22)23/h4-7,9-10H,8H2,1-3H3,(H,24,25)(H,27,31)(H,28,32). The summed E-state index contributed by atoms with van der Waals surface area (Å²) in [4.78, 5) is 43.4. The van der Waals surface area contributed by atoms with Crippen molar-refractivity contribution >= 4 is 28.1 Å². The molecule has 0 spiro atoms. The number of nitrogens with zero attached hydrogens (tertiary/aromatic N) is 4. The van der Waals surface area contributed by atoms with Crippen molar-refractivity contribution in [2.75, 3.05) is 6.54 Å². The van der Waals surface area contributed by atoms with Crippen molar-refractivity contribution in [3.05, 3.63) is 40.7 Å². The molecule has 4 aromatic rings. The molecule has 1 atom stereocenters. The Bertz CT molecular complexity index is 1370. The van der Waals surface area contributed by atoms with Gasteiger partial charge in [-0.05, 0) is 24.5 Å². The van der Waals surface area contributed by atoms with Gasteiger partial charge in [-0.2, -0.15) is 13.2 Å². The highest BCUT2D eigenvalue weighted by Gasteiger charge is 2.30. The minimum absolute atomic E-state index is 0.108. The SMILES string of the molecule is CC(C)c1cnc2[nH]cc(-c3ncc4[nH]c(=O)n(C(C)C(=O)NCC(F)(F)F)c4n3)c2c1. The summed E-state index contributed by atoms with van der Waals surface area (Å²) in [6.45, 7) is 3.92. The number of H-pyrrole nitrogens is 2. The number of carbonyl (C=O) groups excluding carboxylic acids is 1. The number of carbonyl (C=O) groups is 1. The number of amides is 1. The molecule has 0 fully saturated rings. The van der Waals surface area contributed by atoms with Crippen LogP contribution in [0.3, 0.4) is 0 Å². The van der Waals surface area contributed by atoms with E-state index in [9.17, 15) is 22.8 Å². The Morgan fingerprint density at radius 3 is 2.66 bits per heavy atom. The fraction of sp³-hybridized carbons (Fsp3) is 0.350. The van der Waals surface area contributed by atoms with E-state index in [0.717, 1.165) is 15.5 Å². The molecule has 0 aromatic carbocycles. The number of halogens is 3. The smallest absolute Gasteiger partial charge is 0.345 e. The molecule has 4 aromatic heterocycles. The number of alkyl halides is 3. The van der Waals surface area contributed by atoms with Gasteiger partial charge in [0.1, 0.15) is 23.8 Å². The van der Waals surface area contributed by atoms with Crippen LogP contribution in [0.2, 0.25) is 0 Å². The number of nitrogens with one attached hydrogen (secondary N) is 3. The third-order valence-electron chi connectivity index (χ3n) is 5.15. The summed E-state index contributed by atoms with van der Waals surface area (Å²) in [6.07, 6.45) is 0.308. The topological polar surface area (TPSA) is 121 Å². The molecule has 1 amide bonds. The van der Waals surface area contributed by atoms with E-state index in [-0.39, 0.29) is 22.9 Å². The first-order valence-electron chi connectivity index (χ1n) is 9.84. The molecule has 4 heterocycles. The largest absolute Gasteiger partial charge is 0.405 e. The first-order valence-corrected chi connectivity index (χ1v) is 9.84. The second-order valence-electron chi connectivity index (χ2n) is 7.76. The lowest BCUT2D eigenvalue weighted by Crippen LogP contribution is -2.39. The van der Waals surface area contributed by atoms with Crippen molar-refractivity contribution in [2.45, 2.75) is 38.9 Å². The zero-order valence-corrected chi connectivity index (χ0v) is 17.4. The number of imidazole rings is 1.